The predicted octanol–water partition coefficient (Wildman–Crippen LogP) is 2.92. The summed E-state index contributed by atoms with van der Waals surface area (Å²) in [6.07, 6.45) is 2.93. The Bertz CT molecular complexity index is 181. The van der Waals surface area contributed by atoms with E-state index in [1.165, 1.54) is 19.4 Å². The van der Waals surface area contributed by atoms with Gasteiger partial charge in [0.05, 0.1) is 12.7 Å². The standard InChI is InChI=1S/C13H27NO/c1-6-11(4)14-8-13(7-12(14)5)9-15-10(2)3/h10-13H,6-9H2,1-5H3/t11?,12-,13?/m1/s1. The molecule has 0 amide bonds. The molecule has 2 unspecified atom stereocenters. The van der Waals surface area contributed by atoms with Gasteiger partial charge in [-0.05, 0) is 46.5 Å². The molecule has 0 N–H and O–H groups in total. The summed E-state index contributed by atoms with van der Waals surface area (Å²) in [5.74, 6) is 0.747. The normalized spacial score (nSPS) is 30.0. The lowest BCUT2D eigenvalue weighted by molar-refractivity contribution is 0.0519. The minimum atomic E-state index is 0.373. The molecule has 1 aliphatic rings. The van der Waals surface area contributed by atoms with Crippen molar-refractivity contribution in [3.63, 3.8) is 0 Å². The van der Waals surface area contributed by atoms with Gasteiger partial charge in [0.15, 0.2) is 0 Å². The van der Waals surface area contributed by atoms with Crippen LogP contribution >= 0.6 is 0 Å². The van der Waals surface area contributed by atoms with Crippen molar-refractivity contribution in [2.75, 3.05) is 13.2 Å². The maximum absolute atomic E-state index is 5.71. The SMILES string of the molecule is CCC(C)N1CC(COC(C)C)C[C@H]1C. The van der Waals surface area contributed by atoms with E-state index in [9.17, 15) is 0 Å². The molecule has 1 fully saturated rings. The lowest BCUT2D eigenvalue weighted by Gasteiger charge is -2.27. The lowest BCUT2D eigenvalue weighted by atomic mass is 10.1. The highest BCUT2D eigenvalue weighted by molar-refractivity contribution is 4.85. The molecule has 3 atom stereocenters. The molecule has 1 rings (SSSR count). The summed E-state index contributed by atoms with van der Waals surface area (Å²) in [6.45, 7) is 13.4. The second kappa shape index (κ2) is 5.86. The third-order valence-corrected chi connectivity index (χ3v) is 3.53. The number of hydrogen-bond donors (Lipinski definition) is 0. The minimum absolute atomic E-state index is 0.373. The third-order valence-electron chi connectivity index (χ3n) is 3.53. The number of rotatable bonds is 5. The number of likely N-dealkylation sites (tertiary alicyclic amines) is 1. The average Bonchev–Trinajstić information content (AvgIpc) is 2.55. The summed E-state index contributed by atoms with van der Waals surface area (Å²) < 4.78 is 5.71. The fraction of sp³-hybridized carbons (Fsp3) is 1.00. The predicted molar refractivity (Wildman–Crippen MR) is 65.1 cm³/mol. The van der Waals surface area contributed by atoms with E-state index in [1.807, 2.05) is 0 Å². The number of nitrogens with zero attached hydrogens (tertiary/aromatic N) is 1. The summed E-state index contributed by atoms with van der Waals surface area (Å²) in [5.41, 5.74) is 0. The summed E-state index contributed by atoms with van der Waals surface area (Å²) in [6, 6.07) is 1.46. The van der Waals surface area contributed by atoms with Gasteiger partial charge in [0, 0.05) is 18.6 Å². The Labute approximate surface area is 95.0 Å². The van der Waals surface area contributed by atoms with Crippen LogP contribution in [0, 0.1) is 5.92 Å². The van der Waals surface area contributed by atoms with Gasteiger partial charge >= 0.3 is 0 Å². The molecule has 1 heterocycles. The zero-order valence-electron chi connectivity index (χ0n) is 11.0. The van der Waals surface area contributed by atoms with Gasteiger partial charge in [-0.2, -0.15) is 0 Å². The Hall–Kier alpha value is -0.0800. The van der Waals surface area contributed by atoms with Gasteiger partial charge < -0.3 is 4.74 Å². The number of ether oxygens (including phenoxy) is 1. The maximum atomic E-state index is 5.71. The average molecular weight is 213 g/mol. The Balaban J connectivity index is 2.34. The molecule has 0 spiro atoms. The van der Waals surface area contributed by atoms with Crippen LogP contribution in [0.1, 0.15) is 47.5 Å². The molecule has 0 saturated carbocycles. The molecule has 0 aromatic rings. The van der Waals surface area contributed by atoms with Crippen LogP contribution in [0.3, 0.4) is 0 Å². The van der Waals surface area contributed by atoms with Crippen LogP contribution in [0.4, 0.5) is 0 Å². The van der Waals surface area contributed by atoms with E-state index in [1.54, 1.807) is 0 Å². The summed E-state index contributed by atoms with van der Waals surface area (Å²) in [7, 11) is 0. The van der Waals surface area contributed by atoms with E-state index in [-0.39, 0.29) is 0 Å². The molecule has 1 aliphatic heterocycles. The largest absolute Gasteiger partial charge is 0.378 e. The van der Waals surface area contributed by atoms with Crippen molar-refractivity contribution in [1.29, 1.82) is 0 Å². The van der Waals surface area contributed by atoms with Gasteiger partial charge in [-0.3, -0.25) is 4.90 Å². The van der Waals surface area contributed by atoms with Gasteiger partial charge in [0.1, 0.15) is 0 Å². The molecule has 1 saturated heterocycles. The smallest absolute Gasteiger partial charge is 0.0519 e. The van der Waals surface area contributed by atoms with E-state index in [2.05, 4.69) is 39.5 Å². The zero-order chi connectivity index (χ0) is 11.4. The lowest BCUT2D eigenvalue weighted by Crippen LogP contribution is -2.35. The third kappa shape index (κ3) is 3.76. The summed E-state index contributed by atoms with van der Waals surface area (Å²) in [5, 5.41) is 0. The molecular formula is C13H27NO. The molecule has 0 aromatic heterocycles. The van der Waals surface area contributed by atoms with E-state index in [0.29, 0.717) is 6.10 Å². The topological polar surface area (TPSA) is 12.5 Å². The molecule has 2 nitrogen and oxygen atoms in total. The van der Waals surface area contributed by atoms with Crippen molar-refractivity contribution in [3.05, 3.63) is 0 Å². The summed E-state index contributed by atoms with van der Waals surface area (Å²) in [4.78, 5) is 2.63. The second-order valence-electron chi connectivity index (χ2n) is 5.29. The van der Waals surface area contributed by atoms with Gasteiger partial charge in [-0.1, -0.05) is 6.92 Å². The maximum Gasteiger partial charge on any atom is 0.0519 e. The Morgan fingerprint density at radius 1 is 1.33 bits per heavy atom. The molecular weight excluding hydrogens is 186 g/mol. The molecule has 0 aliphatic carbocycles. The van der Waals surface area contributed by atoms with E-state index < -0.39 is 0 Å². The highest BCUT2D eigenvalue weighted by Crippen LogP contribution is 2.26. The number of hydrogen-bond acceptors (Lipinski definition) is 2. The first-order valence-electron chi connectivity index (χ1n) is 6.41. The van der Waals surface area contributed by atoms with Crippen molar-refractivity contribution >= 4 is 0 Å². The van der Waals surface area contributed by atoms with Crippen molar-refractivity contribution in [2.45, 2.75) is 65.6 Å². The first kappa shape index (κ1) is 13.0. The van der Waals surface area contributed by atoms with Crippen molar-refractivity contribution in [2.24, 2.45) is 5.92 Å². The Kier molecular flexibility index (Phi) is 5.07. The highest BCUT2D eigenvalue weighted by Gasteiger charge is 2.31. The molecule has 2 heteroatoms. The van der Waals surface area contributed by atoms with Crippen LogP contribution in [-0.2, 0) is 4.74 Å². The van der Waals surface area contributed by atoms with Crippen LogP contribution in [-0.4, -0.2) is 36.2 Å². The van der Waals surface area contributed by atoms with Crippen LogP contribution in [0.5, 0.6) is 0 Å². The van der Waals surface area contributed by atoms with Gasteiger partial charge in [-0.15, -0.1) is 0 Å². The molecule has 0 radical (unpaired) electrons. The summed E-state index contributed by atoms with van der Waals surface area (Å²) >= 11 is 0. The van der Waals surface area contributed by atoms with Gasteiger partial charge in [0.2, 0.25) is 0 Å². The van der Waals surface area contributed by atoms with E-state index in [0.717, 1.165) is 24.6 Å². The van der Waals surface area contributed by atoms with E-state index >= 15 is 0 Å². The zero-order valence-corrected chi connectivity index (χ0v) is 11.0. The first-order valence-corrected chi connectivity index (χ1v) is 6.41. The Morgan fingerprint density at radius 3 is 2.53 bits per heavy atom. The molecule has 0 bridgehead atoms. The molecule has 0 aromatic carbocycles. The van der Waals surface area contributed by atoms with Gasteiger partial charge in [-0.25, -0.2) is 0 Å². The van der Waals surface area contributed by atoms with Crippen LogP contribution in [0.2, 0.25) is 0 Å². The first-order chi connectivity index (χ1) is 7.04. The monoisotopic (exact) mass is 213 g/mol. The fourth-order valence-corrected chi connectivity index (χ4v) is 2.47. The Morgan fingerprint density at radius 2 is 2.00 bits per heavy atom. The van der Waals surface area contributed by atoms with E-state index in [4.69, 9.17) is 4.74 Å². The molecule has 90 valence electrons. The fourth-order valence-electron chi connectivity index (χ4n) is 2.47. The van der Waals surface area contributed by atoms with Crippen LogP contribution in [0.15, 0.2) is 0 Å². The second-order valence-corrected chi connectivity index (χ2v) is 5.29. The van der Waals surface area contributed by atoms with Crippen molar-refractivity contribution in [3.8, 4) is 0 Å². The van der Waals surface area contributed by atoms with Gasteiger partial charge in [0.25, 0.3) is 0 Å². The van der Waals surface area contributed by atoms with Crippen molar-refractivity contribution < 1.29 is 4.74 Å². The highest BCUT2D eigenvalue weighted by atomic mass is 16.5. The molecule has 15 heavy (non-hydrogen) atoms. The van der Waals surface area contributed by atoms with Crippen molar-refractivity contribution in [1.82, 2.24) is 4.90 Å². The van der Waals surface area contributed by atoms with Crippen LogP contribution in [0.25, 0.3) is 0 Å². The minimum Gasteiger partial charge on any atom is -0.378 e. The van der Waals surface area contributed by atoms with Crippen LogP contribution < -0.4 is 0 Å². The quantitative estimate of drug-likeness (QED) is 0.696.